The number of hydrogen-bond acceptors (Lipinski definition) is 2. The Labute approximate surface area is 95.2 Å². The number of halogens is 1. The van der Waals surface area contributed by atoms with E-state index in [1.807, 2.05) is 19.1 Å². The molecule has 2 nitrogen and oxygen atoms in total. The van der Waals surface area contributed by atoms with Crippen LogP contribution in [0.15, 0.2) is 24.3 Å². The molecular formula is C12H15ClO2. The summed E-state index contributed by atoms with van der Waals surface area (Å²) in [5, 5.41) is 0.527. The number of Topliss-reactive ketones (excluding diaryl/α,β-unsaturated/α-hetero) is 1. The first-order valence-electron chi connectivity index (χ1n) is 5.11. The Bertz CT molecular complexity index is 323. The van der Waals surface area contributed by atoms with Crippen LogP contribution in [-0.2, 0) is 4.74 Å². The zero-order valence-corrected chi connectivity index (χ0v) is 9.59. The Morgan fingerprint density at radius 3 is 2.80 bits per heavy atom. The lowest BCUT2D eigenvalue weighted by Gasteiger charge is -2.03. The van der Waals surface area contributed by atoms with E-state index in [0.29, 0.717) is 30.2 Å². The van der Waals surface area contributed by atoms with Gasteiger partial charge in [0.25, 0.3) is 0 Å². The topological polar surface area (TPSA) is 26.3 Å². The lowest BCUT2D eigenvalue weighted by Crippen LogP contribution is -2.02. The second kappa shape index (κ2) is 6.59. The normalized spacial score (nSPS) is 10.3. The van der Waals surface area contributed by atoms with E-state index in [-0.39, 0.29) is 5.78 Å². The molecule has 1 rings (SSSR count). The molecule has 0 aliphatic carbocycles. The summed E-state index contributed by atoms with van der Waals surface area (Å²) in [5.41, 5.74) is 0.607. The Morgan fingerprint density at radius 2 is 2.13 bits per heavy atom. The van der Waals surface area contributed by atoms with E-state index in [1.165, 1.54) is 0 Å². The highest BCUT2D eigenvalue weighted by atomic mass is 35.5. The Hall–Kier alpha value is -0.860. The SMILES string of the molecule is CCOCCCC(=O)c1ccccc1Cl. The lowest BCUT2D eigenvalue weighted by atomic mass is 10.1. The van der Waals surface area contributed by atoms with Gasteiger partial charge in [0.05, 0.1) is 5.02 Å². The molecule has 0 saturated carbocycles. The summed E-state index contributed by atoms with van der Waals surface area (Å²) in [4.78, 5) is 11.7. The van der Waals surface area contributed by atoms with Crippen molar-refractivity contribution in [2.75, 3.05) is 13.2 Å². The molecule has 0 radical (unpaired) electrons. The van der Waals surface area contributed by atoms with Gasteiger partial charge in [0, 0.05) is 25.2 Å². The highest BCUT2D eigenvalue weighted by Gasteiger charge is 2.08. The fourth-order valence-electron chi connectivity index (χ4n) is 1.30. The molecule has 0 saturated heterocycles. The molecular weight excluding hydrogens is 212 g/mol. The quantitative estimate of drug-likeness (QED) is 0.549. The summed E-state index contributed by atoms with van der Waals surface area (Å²) >= 11 is 5.91. The Balaban J connectivity index is 2.44. The van der Waals surface area contributed by atoms with Crippen molar-refractivity contribution in [3.8, 4) is 0 Å². The molecule has 15 heavy (non-hydrogen) atoms. The largest absolute Gasteiger partial charge is 0.382 e. The zero-order chi connectivity index (χ0) is 11.1. The van der Waals surface area contributed by atoms with E-state index in [1.54, 1.807) is 12.1 Å². The van der Waals surface area contributed by atoms with Gasteiger partial charge in [0.1, 0.15) is 0 Å². The Morgan fingerprint density at radius 1 is 1.40 bits per heavy atom. The van der Waals surface area contributed by atoms with Crippen molar-refractivity contribution < 1.29 is 9.53 Å². The fraction of sp³-hybridized carbons (Fsp3) is 0.417. The molecule has 0 aliphatic heterocycles. The van der Waals surface area contributed by atoms with Crippen LogP contribution in [0.25, 0.3) is 0 Å². The van der Waals surface area contributed by atoms with Crippen molar-refractivity contribution in [3.63, 3.8) is 0 Å². The van der Waals surface area contributed by atoms with E-state index in [2.05, 4.69) is 0 Å². The van der Waals surface area contributed by atoms with Gasteiger partial charge in [0.15, 0.2) is 5.78 Å². The average molecular weight is 227 g/mol. The van der Waals surface area contributed by atoms with Gasteiger partial charge in [0.2, 0.25) is 0 Å². The van der Waals surface area contributed by atoms with Crippen molar-refractivity contribution in [1.29, 1.82) is 0 Å². The van der Waals surface area contributed by atoms with Crippen molar-refractivity contribution >= 4 is 17.4 Å². The molecule has 0 unspecified atom stereocenters. The van der Waals surface area contributed by atoms with Gasteiger partial charge in [-0.15, -0.1) is 0 Å². The molecule has 1 aromatic carbocycles. The second-order valence-corrected chi connectivity index (χ2v) is 3.61. The van der Waals surface area contributed by atoms with Crippen LogP contribution in [0.5, 0.6) is 0 Å². The standard InChI is InChI=1S/C12H15ClO2/c1-2-15-9-5-8-12(14)10-6-3-4-7-11(10)13/h3-4,6-7H,2,5,8-9H2,1H3. The number of benzene rings is 1. The molecule has 3 heteroatoms. The van der Waals surface area contributed by atoms with Crippen molar-refractivity contribution in [2.45, 2.75) is 19.8 Å². The summed E-state index contributed by atoms with van der Waals surface area (Å²) in [6, 6.07) is 7.13. The molecule has 0 heterocycles. The predicted octanol–water partition coefficient (Wildman–Crippen LogP) is 3.34. The van der Waals surface area contributed by atoms with E-state index >= 15 is 0 Å². The number of carbonyl (C=O) groups excluding carboxylic acids is 1. The number of rotatable bonds is 6. The number of ether oxygens (including phenoxy) is 1. The molecule has 1 aromatic rings. The van der Waals surface area contributed by atoms with E-state index in [0.717, 1.165) is 6.42 Å². The molecule has 0 aliphatic rings. The van der Waals surface area contributed by atoms with E-state index < -0.39 is 0 Å². The van der Waals surface area contributed by atoms with Gasteiger partial charge in [-0.2, -0.15) is 0 Å². The third-order valence-corrected chi connectivity index (χ3v) is 2.40. The van der Waals surface area contributed by atoms with Crippen LogP contribution < -0.4 is 0 Å². The maximum atomic E-state index is 11.7. The molecule has 0 bridgehead atoms. The highest BCUT2D eigenvalue weighted by Crippen LogP contribution is 2.17. The minimum absolute atomic E-state index is 0.0836. The van der Waals surface area contributed by atoms with Crippen LogP contribution in [0, 0.1) is 0 Å². The first-order chi connectivity index (χ1) is 7.25. The van der Waals surface area contributed by atoms with Gasteiger partial charge < -0.3 is 4.74 Å². The summed E-state index contributed by atoms with van der Waals surface area (Å²) in [6.45, 7) is 3.27. The summed E-state index contributed by atoms with van der Waals surface area (Å²) < 4.78 is 5.16. The molecule has 0 fully saturated rings. The molecule has 0 N–H and O–H groups in total. The van der Waals surface area contributed by atoms with E-state index in [4.69, 9.17) is 16.3 Å². The van der Waals surface area contributed by atoms with Gasteiger partial charge in [-0.1, -0.05) is 23.7 Å². The van der Waals surface area contributed by atoms with Crippen molar-refractivity contribution in [2.24, 2.45) is 0 Å². The van der Waals surface area contributed by atoms with Gasteiger partial charge >= 0.3 is 0 Å². The average Bonchev–Trinajstić information content (AvgIpc) is 2.25. The van der Waals surface area contributed by atoms with Gasteiger partial charge in [-0.05, 0) is 25.5 Å². The third-order valence-electron chi connectivity index (χ3n) is 2.07. The molecule has 82 valence electrons. The number of hydrogen-bond donors (Lipinski definition) is 0. The molecule has 0 spiro atoms. The maximum absolute atomic E-state index is 11.7. The van der Waals surface area contributed by atoms with Crippen LogP contribution in [0.1, 0.15) is 30.1 Å². The molecule has 0 aromatic heterocycles. The summed E-state index contributed by atoms with van der Waals surface area (Å²) in [5.74, 6) is 0.0836. The third kappa shape index (κ3) is 4.02. The van der Waals surface area contributed by atoms with Gasteiger partial charge in [-0.25, -0.2) is 0 Å². The monoisotopic (exact) mass is 226 g/mol. The van der Waals surface area contributed by atoms with Crippen LogP contribution in [-0.4, -0.2) is 19.0 Å². The molecule has 0 amide bonds. The zero-order valence-electron chi connectivity index (χ0n) is 8.83. The van der Waals surface area contributed by atoms with Crippen LogP contribution >= 0.6 is 11.6 Å². The van der Waals surface area contributed by atoms with Crippen LogP contribution in [0.4, 0.5) is 0 Å². The number of ketones is 1. The minimum atomic E-state index is 0.0836. The first-order valence-corrected chi connectivity index (χ1v) is 5.49. The van der Waals surface area contributed by atoms with Crippen LogP contribution in [0.2, 0.25) is 5.02 Å². The summed E-state index contributed by atoms with van der Waals surface area (Å²) in [7, 11) is 0. The smallest absolute Gasteiger partial charge is 0.164 e. The maximum Gasteiger partial charge on any atom is 0.164 e. The van der Waals surface area contributed by atoms with Crippen molar-refractivity contribution in [3.05, 3.63) is 34.9 Å². The number of carbonyl (C=O) groups is 1. The second-order valence-electron chi connectivity index (χ2n) is 3.20. The van der Waals surface area contributed by atoms with Crippen LogP contribution in [0.3, 0.4) is 0 Å². The fourth-order valence-corrected chi connectivity index (χ4v) is 1.54. The predicted molar refractivity (Wildman–Crippen MR) is 61.5 cm³/mol. The minimum Gasteiger partial charge on any atom is -0.382 e. The lowest BCUT2D eigenvalue weighted by molar-refractivity contribution is 0.0947. The highest BCUT2D eigenvalue weighted by molar-refractivity contribution is 6.33. The first kappa shape index (κ1) is 12.2. The van der Waals surface area contributed by atoms with E-state index in [9.17, 15) is 4.79 Å². The van der Waals surface area contributed by atoms with Gasteiger partial charge in [-0.3, -0.25) is 4.79 Å². The van der Waals surface area contributed by atoms with Crippen molar-refractivity contribution in [1.82, 2.24) is 0 Å². The molecule has 0 atom stereocenters. The Kier molecular flexibility index (Phi) is 5.37. The summed E-state index contributed by atoms with van der Waals surface area (Å²) in [6.07, 6.45) is 1.24.